The molecule has 0 spiro atoms. The zero-order valence-electron chi connectivity index (χ0n) is 15.5. The van der Waals surface area contributed by atoms with E-state index in [-0.39, 0.29) is 23.9 Å². The number of esters is 1. The monoisotopic (exact) mass is 417 g/mol. The standard InChI is InChI=1S/C21H20FNO5S/c22-18-7-9-19(10-8-18)27-12-3-13-28-21(24)15-23-29(25,26)20-11-6-16-4-1-2-5-17(16)14-20/h1-2,4-11,14,23H,3,12-13,15H2. The lowest BCUT2D eigenvalue weighted by molar-refractivity contribution is -0.142. The van der Waals surface area contributed by atoms with Crippen LogP contribution in [0.15, 0.2) is 71.6 Å². The van der Waals surface area contributed by atoms with Crippen molar-refractivity contribution in [2.24, 2.45) is 0 Å². The molecule has 1 N–H and O–H groups in total. The van der Waals surface area contributed by atoms with Gasteiger partial charge in [-0.25, -0.2) is 12.8 Å². The van der Waals surface area contributed by atoms with Crippen molar-refractivity contribution in [3.05, 3.63) is 72.5 Å². The highest BCUT2D eigenvalue weighted by molar-refractivity contribution is 7.89. The van der Waals surface area contributed by atoms with E-state index >= 15 is 0 Å². The number of halogens is 1. The maximum absolute atomic E-state index is 12.8. The first-order valence-corrected chi connectivity index (χ1v) is 10.4. The molecular formula is C21H20FNO5S. The predicted octanol–water partition coefficient (Wildman–Crippen LogP) is 3.27. The normalized spacial score (nSPS) is 11.3. The summed E-state index contributed by atoms with van der Waals surface area (Å²) < 4.78 is 50.2. The van der Waals surface area contributed by atoms with E-state index in [9.17, 15) is 17.6 Å². The number of sulfonamides is 1. The molecule has 152 valence electrons. The fourth-order valence-corrected chi connectivity index (χ4v) is 3.59. The third-order valence-corrected chi connectivity index (χ3v) is 5.47. The van der Waals surface area contributed by atoms with Crippen molar-refractivity contribution in [1.82, 2.24) is 4.72 Å². The van der Waals surface area contributed by atoms with Gasteiger partial charge in [0.1, 0.15) is 18.1 Å². The summed E-state index contributed by atoms with van der Waals surface area (Å²) in [4.78, 5) is 11.9. The summed E-state index contributed by atoms with van der Waals surface area (Å²) >= 11 is 0. The minimum Gasteiger partial charge on any atom is -0.493 e. The second-order valence-electron chi connectivity index (χ2n) is 6.21. The van der Waals surface area contributed by atoms with Gasteiger partial charge in [0.25, 0.3) is 0 Å². The molecule has 0 aliphatic rings. The smallest absolute Gasteiger partial charge is 0.321 e. The van der Waals surface area contributed by atoms with Gasteiger partial charge in [-0.2, -0.15) is 4.72 Å². The maximum atomic E-state index is 12.8. The summed E-state index contributed by atoms with van der Waals surface area (Å²) in [6.07, 6.45) is 0.417. The van der Waals surface area contributed by atoms with Crippen LogP contribution in [0.2, 0.25) is 0 Å². The van der Waals surface area contributed by atoms with E-state index in [1.807, 2.05) is 24.3 Å². The van der Waals surface area contributed by atoms with Crippen molar-refractivity contribution in [2.75, 3.05) is 19.8 Å². The molecule has 3 aromatic rings. The number of hydrogen-bond acceptors (Lipinski definition) is 5. The Morgan fingerprint density at radius 3 is 2.41 bits per heavy atom. The molecule has 8 heteroatoms. The minimum absolute atomic E-state index is 0.0803. The fourth-order valence-electron chi connectivity index (χ4n) is 2.59. The molecule has 29 heavy (non-hydrogen) atoms. The number of carbonyl (C=O) groups excluding carboxylic acids is 1. The lowest BCUT2D eigenvalue weighted by Crippen LogP contribution is -2.31. The van der Waals surface area contributed by atoms with Crippen LogP contribution in [0.3, 0.4) is 0 Å². The zero-order chi connectivity index (χ0) is 20.7. The number of rotatable bonds is 9. The molecule has 0 saturated carbocycles. The topological polar surface area (TPSA) is 81.7 Å². The zero-order valence-corrected chi connectivity index (χ0v) is 16.3. The molecule has 0 heterocycles. The second-order valence-corrected chi connectivity index (χ2v) is 7.98. The number of ether oxygens (including phenoxy) is 2. The second kappa shape index (κ2) is 9.49. The Balaban J connectivity index is 1.41. The summed E-state index contributed by atoms with van der Waals surface area (Å²) in [7, 11) is -3.83. The van der Waals surface area contributed by atoms with Crippen LogP contribution in [0.25, 0.3) is 10.8 Å². The van der Waals surface area contributed by atoms with E-state index in [1.165, 1.54) is 30.3 Å². The predicted molar refractivity (Wildman–Crippen MR) is 107 cm³/mol. The first-order valence-electron chi connectivity index (χ1n) is 8.96. The van der Waals surface area contributed by atoms with Crippen molar-refractivity contribution in [2.45, 2.75) is 11.3 Å². The van der Waals surface area contributed by atoms with Gasteiger partial charge in [0, 0.05) is 6.42 Å². The van der Waals surface area contributed by atoms with Crippen molar-refractivity contribution in [1.29, 1.82) is 0 Å². The third-order valence-electron chi connectivity index (χ3n) is 4.07. The fraction of sp³-hybridized carbons (Fsp3) is 0.190. The van der Waals surface area contributed by atoms with Gasteiger partial charge in [-0.1, -0.05) is 30.3 Å². The van der Waals surface area contributed by atoms with Crippen LogP contribution >= 0.6 is 0 Å². The van der Waals surface area contributed by atoms with Crippen molar-refractivity contribution < 1.29 is 27.1 Å². The van der Waals surface area contributed by atoms with Gasteiger partial charge >= 0.3 is 5.97 Å². The van der Waals surface area contributed by atoms with Crippen molar-refractivity contribution >= 4 is 26.8 Å². The van der Waals surface area contributed by atoms with E-state index in [0.717, 1.165) is 10.8 Å². The molecule has 0 aliphatic carbocycles. The van der Waals surface area contributed by atoms with E-state index in [0.29, 0.717) is 12.2 Å². The third kappa shape index (κ3) is 6.00. The van der Waals surface area contributed by atoms with Gasteiger partial charge < -0.3 is 9.47 Å². The Hall–Kier alpha value is -2.97. The van der Waals surface area contributed by atoms with Crippen LogP contribution in [0.1, 0.15) is 6.42 Å². The lowest BCUT2D eigenvalue weighted by Gasteiger charge is -2.09. The summed E-state index contributed by atoms with van der Waals surface area (Å²) in [6.45, 7) is -0.104. The summed E-state index contributed by atoms with van der Waals surface area (Å²) in [6, 6.07) is 17.7. The highest BCUT2D eigenvalue weighted by atomic mass is 32.2. The molecule has 0 aliphatic heterocycles. The summed E-state index contributed by atoms with van der Waals surface area (Å²) in [5.41, 5.74) is 0. The average Bonchev–Trinajstić information content (AvgIpc) is 2.73. The number of fused-ring (bicyclic) bond motifs is 1. The molecule has 0 amide bonds. The minimum atomic E-state index is -3.83. The van der Waals surface area contributed by atoms with Crippen LogP contribution in [-0.2, 0) is 19.6 Å². The molecule has 0 atom stereocenters. The molecule has 0 fully saturated rings. The number of benzene rings is 3. The molecule has 0 unspecified atom stereocenters. The van der Waals surface area contributed by atoms with Gasteiger partial charge in [0.15, 0.2) is 0 Å². The highest BCUT2D eigenvalue weighted by Crippen LogP contribution is 2.18. The van der Waals surface area contributed by atoms with Crippen LogP contribution in [-0.4, -0.2) is 34.1 Å². The molecule has 3 aromatic carbocycles. The molecule has 0 saturated heterocycles. The Kier molecular flexibility index (Phi) is 6.79. The van der Waals surface area contributed by atoms with Gasteiger partial charge in [-0.05, 0) is 47.2 Å². The Morgan fingerprint density at radius 1 is 0.931 bits per heavy atom. The van der Waals surface area contributed by atoms with E-state index < -0.39 is 22.5 Å². The maximum Gasteiger partial charge on any atom is 0.321 e. The number of carbonyl (C=O) groups is 1. The van der Waals surface area contributed by atoms with E-state index in [4.69, 9.17) is 9.47 Å². The number of nitrogens with one attached hydrogen (secondary N) is 1. The van der Waals surface area contributed by atoms with Crippen LogP contribution in [0, 0.1) is 5.82 Å². The quantitative estimate of drug-likeness (QED) is 0.427. The molecule has 6 nitrogen and oxygen atoms in total. The summed E-state index contributed by atoms with van der Waals surface area (Å²) in [5.74, 6) is -0.519. The average molecular weight is 417 g/mol. The molecule has 0 aromatic heterocycles. The Bertz CT molecular complexity index is 1080. The van der Waals surface area contributed by atoms with Crippen molar-refractivity contribution in [3.63, 3.8) is 0 Å². The molecule has 3 rings (SSSR count). The Morgan fingerprint density at radius 2 is 1.66 bits per heavy atom. The summed E-state index contributed by atoms with van der Waals surface area (Å²) in [5, 5.41) is 1.72. The van der Waals surface area contributed by atoms with Crippen LogP contribution in [0.4, 0.5) is 4.39 Å². The van der Waals surface area contributed by atoms with E-state index in [1.54, 1.807) is 12.1 Å². The highest BCUT2D eigenvalue weighted by Gasteiger charge is 2.16. The first kappa shape index (κ1) is 20.8. The SMILES string of the molecule is O=C(CNS(=O)(=O)c1ccc2ccccc2c1)OCCCOc1ccc(F)cc1. The Labute approximate surface area is 168 Å². The van der Waals surface area contributed by atoms with Gasteiger partial charge in [0.05, 0.1) is 18.1 Å². The largest absolute Gasteiger partial charge is 0.493 e. The first-order chi connectivity index (χ1) is 13.9. The molecule has 0 radical (unpaired) electrons. The van der Waals surface area contributed by atoms with Gasteiger partial charge in [-0.15, -0.1) is 0 Å². The van der Waals surface area contributed by atoms with Crippen LogP contribution in [0.5, 0.6) is 5.75 Å². The molecule has 0 bridgehead atoms. The number of hydrogen-bond donors (Lipinski definition) is 1. The van der Waals surface area contributed by atoms with Crippen molar-refractivity contribution in [3.8, 4) is 5.75 Å². The van der Waals surface area contributed by atoms with Gasteiger partial charge in [-0.3, -0.25) is 4.79 Å². The lowest BCUT2D eigenvalue weighted by atomic mass is 10.1. The van der Waals surface area contributed by atoms with Gasteiger partial charge in [0.2, 0.25) is 10.0 Å². The van der Waals surface area contributed by atoms with Crippen LogP contribution < -0.4 is 9.46 Å². The molecular weight excluding hydrogens is 397 g/mol. The van der Waals surface area contributed by atoms with E-state index in [2.05, 4.69) is 4.72 Å².